The average Bonchev–Trinajstić information content (AvgIpc) is 0.920. The highest BCUT2D eigenvalue weighted by Gasteiger charge is 2.30. The second-order valence-corrected chi connectivity index (χ2v) is 29.9. The van der Waals surface area contributed by atoms with E-state index in [1.165, 1.54) is 135 Å². The second kappa shape index (κ2) is 75.2. The molecule has 0 aromatic carbocycles. The van der Waals surface area contributed by atoms with Crippen LogP contribution < -0.4 is 0 Å². The molecule has 0 aliphatic carbocycles. The van der Waals surface area contributed by atoms with E-state index in [0.29, 0.717) is 32.1 Å². The number of rotatable bonds is 76. The minimum Gasteiger partial charge on any atom is -0.462 e. The molecule has 5 atom stereocenters. The molecule has 0 aliphatic rings. The largest absolute Gasteiger partial charge is 0.472 e. The Morgan fingerprint density at radius 1 is 0.284 bits per heavy atom. The van der Waals surface area contributed by atoms with Crippen molar-refractivity contribution in [2.75, 3.05) is 39.6 Å². The van der Waals surface area contributed by atoms with E-state index in [1.54, 1.807) is 0 Å². The van der Waals surface area contributed by atoms with Crippen LogP contribution in [-0.2, 0) is 65.4 Å². The van der Waals surface area contributed by atoms with Crippen molar-refractivity contribution < 1.29 is 80.2 Å². The minimum atomic E-state index is -4.99. The normalized spacial score (nSPS) is 14.4. The van der Waals surface area contributed by atoms with Gasteiger partial charge in [-0.3, -0.25) is 37.3 Å². The molecule has 2 unspecified atom stereocenters. The number of aliphatic hydroxyl groups is 1. The van der Waals surface area contributed by atoms with Crippen LogP contribution in [0.4, 0.5) is 0 Å². The minimum absolute atomic E-state index is 0.0350. The summed E-state index contributed by atoms with van der Waals surface area (Å²) in [5, 5.41) is 10.6. The number of ether oxygens (including phenoxy) is 4. The van der Waals surface area contributed by atoms with E-state index < -0.39 is 97.5 Å². The van der Waals surface area contributed by atoms with Gasteiger partial charge in [-0.2, -0.15) is 0 Å². The van der Waals surface area contributed by atoms with E-state index >= 15 is 0 Å². The summed E-state index contributed by atoms with van der Waals surface area (Å²) in [6.45, 7) is 4.70. The first-order valence-electron chi connectivity index (χ1n) is 40.5. The van der Waals surface area contributed by atoms with Crippen molar-refractivity contribution in [1.82, 2.24) is 0 Å². The predicted molar refractivity (Wildman–Crippen MR) is 418 cm³/mol. The van der Waals surface area contributed by atoms with E-state index in [1.807, 2.05) is 18.2 Å². The lowest BCUT2D eigenvalue weighted by Crippen LogP contribution is -2.30. The van der Waals surface area contributed by atoms with Gasteiger partial charge in [0.05, 0.1) is 26.4 Å². The van der Waals surface area contributed by atoms with Crippen LogP contribution in [-0.4, -0.2) is 96.7 Å². The predicted octanol–water partition coefficient (Wildman–Crippen LogP) is 23.6. The maximum Gasteiger partial charge on any atom is 0.472 e. The van der Waals surface area contributed by atoms with E-state index in [-0.39, 0.29) is 25.7 Å². The number of carbonyl (C=O) groups is 4. The third-order valence-electron chi connectivity index (χ3n) is 17.0. The number of hydrogen-bond acceptors (Lipinski definition) is 15. The van der Waals surface area contributed by atoms with Crippen molar-refractivity contribution in [2.24, 2.45) is 0 Å². The summed E-state index contributed by atoms with van der Waals surface area (Å²) in [7, 11) is -9.97. The van der Waals surface area contributed by atoms with Crippen LogP contribution in [0.2, 0.25) is 0 Å². The van der Waals surface area contributed by atoms with Crippen molar-refractivity contribution >= 4 is 39.5 Å². The molecular formula is C83H146O17P2. The van der Waals surface area contributed by atoms with Crippen LogP contribution >= 0.6 is 15.6 Å². The molecule has 102 heavy (non-hydrogen) atoms. The molecule has 0 rings (SSSR count). The van der Waals surface area contributed by atoms with E-state index in [9.17, 15) is 43.2 Å². The van der Waals surface area contributed by atoms with Crippen LogP contribution in [0.15, 0.2) is 97.2 Å². The fourth-order valence-corrected chi connectivity index (χ4v) is 12.5. The van der Waals surface area contributed by atoms with Gasteiger partial charge in [-0.15, -0.1) is 0 Å². The highest BCUT2D eigenvalue weighted by molar-refractivity contribution is 7.47. The van der Waals surface area contributed by atoms with Crippen molar-refractivity contribution in [2.45, 2.75) is 367 Å². The second-order valence-electron chi connectivity index (χ2n) is 27.0. The zero-order valence-electron chi connectivity index (χ0n) is 64.5. The molecule has 17 nitrogen and oxygen atoms in total. The van der Waals surface area contributed by atoms with Gasteiger partial charge in [0.2, 0.25) is 0 Å². The Balaban J connectivity index is 5.41. The Morgan fingerprint density at radius 2 is 0.529 bits per heavy atom. The van der Waals surface area contributed by atoms with Gasteiger partial charge in [0, 0.05) is 25.7 Å². The molecule has 0 fully saturated rings. The first-order chi connectivity index (χ1) is 49.7. The topological polar surface area (TPSA) is 237 Å². The third kappa shape index (κ3) is 74.3. The molecule has 3 N–H and O–H groups in total. The summed E-state index contributed by atoms with van der Waals surface area (Å²) in [5.74, 6) is -2.27. The summed E-state index contributed by atoms with van der Waals surface area (Å²) >= 11 is 0. The molecule has 0 saturated carbocycles. The molecule has 0 aromatic heterocycles. The number of phosphoric ester groups is 2. The molecule has 0 radical (unpaired) electrons. The number of esters is 4. The first kappa shape index (κ1) is 98.0. The molecule has 0 aliphatic heterocycles. The van der Waals surface area contributed by atoms with Crippen molar-refractivity contribution in [3.63, 3.8) is 0 Å². The molecule has 590 valence electrons. The van der Waals surface area contributed by atoms with Gasteiger partial charge in [-0.25, -0.2) is 9.13 Å². The summed E-state index contributed by atoms with van der Waals surface area (Å²) in [6, 6.07) is 0. The van der Waals surface area contributed by atoms with Crippen LogP contribution in [0.25, 0.3) is 0 Å². The monoisotopic (exact) mass is 1480 g/mol. The summed E-state index contributed by atoms with van der Waals surface area (Å²) in [6.07, 6.45) is 79.7. The number of hydrogen-bond donors (Lipinski definition) is 3. The molecule has 19 heteroatoms. The number of unbranched alkanes of at least 4 members (excludes halogenated alkanes) is 34. The Kier molecular flexibility index (Phi) is 72.3. The van der Waals surface area contributed by atoms with Crippen molar-refractivity contribution in [3.05, 3.63) is 97.2 Å². The lowest BCUT2D eigenvalue weighted by Gasteiger charge is -2.21. The quantitative estimate of drug-likeness (QED) is 0.0169. The van der Waals surface area contributed by atoms with Crippen LogP contribution in [0.5, 0.6) is 0 Å². The summed E-state index contributed by atoms with van der Waals surface area (Å²) in [4.78, 5) is 73.0. The van der Waals surface area contributed by atoms with Gasteiger partial charge in [0.1, 0.15) is 19.3 Å². The van der Waals surface area contributed by atoms with Gasteiger partial charge in [0.15, 0.2) is 12.2 Å². The molecule has 0 spiro atoms. The van der Waals surface area contributed by atoms with E-state index in [0.717, 1.165) is 128 Å². The highest BCUT2D eigenvalue weighted by atomic mass is 31.2. The van der Waals surface area contributed by atoms with Crippen molar-refractivity contribution in [3.8, 4) is 0 Å². The molecular weight excluding hydrogens is 1330 g/mol. The maximum absolute atomic E-state index is 13.1. The standard InChI is InChI=1S/C83H146O17P2/c1-5-9-13-17-21-25-29-33-36-37-38-39-42-44-48-52-56-60-64-68-81(86)94-74-79(100-83(88)70-66-62-58-54-50-46-41-35-31-27-23-19-15-11-7-3)76-98-102(91,92)96-72-77(84)71-95-101(89,90)97-75-78(73-93-80(85)67-63-59-55-51-47-43-32-28-24-20-16-12-8-4)99-82(87)69-65-61-57-53-49-45-40-34-30-26-22-18-14-10-6-2/h9,13,21,25,33-36,38-41,44,48,56,60,77-79,84H,5-8,10-12,14-20,22-24,26-32,37,42-43,45-47,49-55,57-59,61-76H2,1-4H3,(H,89,90)(H,91,92)/b13-9-,25-21-,36-33-,39-38-,40-34-,41-35-,48-44-,60-56-/t77-,78+,79+/m0/s1. The molecule has 0 bridgehead atoms. The molecule has 0 amide bonds. The fraction of sp³-hybridized carbons (Fsp3) is 0.759. The Morgan fingerprint density at radius 3 is 0.843 bits per heavy atom. The number of carbonyl (C=O) groups excluding carboxylic acids is 4. The van der Waals surface area contributed by atoms with Gasteiger partial charge >= 0.3 is 39.5 Å². The highest BCUT2D eigenvalue weighted by Crippen LogP contribution is 2.45. The maximum atomic E-state index is 13.1. The van der Waals surface area contributed by atoms with Crippen molar-refractivity contribution in [1.29, 1.82) is 0 Å². The lowest BCUT2D eigenvalue weighted by molar-refractivity contribution is -0.161. The van der Waals surface area contributed by atoms with E-state index in [2.05, 4.69) is 107 Å². The zero-order valence-corrected chi connectivity index (χ0v) is 66.3. The van der Waals surface area contributed by atoms with E-state index in [4.69, 9.17) is 37.0 Å². The van der Waals surface area contributed by atoms with Crippen LogP contribution in [0.3, 0.4) is 0 Å². The molecule has 0 saturated heterocycles. The SMILES string of the molecule is CC/C=C\C/C=C\C/C=C\C/C=C\C/C=C\C/C=C\CCC(=O)OC[C@H](COP(=O)(O)OC[C@@H](O)COP(=O)(O)OC[C@@H](COC(=O)CCCCCCCCCCCCCCC)OC(=O)CCCCCCC/C=C\CCCCCCCC)OC(=O)CCCCCCC/C=C\CCCCCCCC. The Bertz CT molecular complexity index is 2310. The summed E-state index contributed by atoms with van der Waals surface area (Å²) in [5.41, 5.74) is 0. The van der Waals surface area contributed by atoms with Crippen LogP contribution in [0.1, 0.15) is 349 Å². The Labute approximate surface area is 620 Å². The number of aliphatic hydroxyl groups excluding tert-OH is 1. The number of allylic oxidation sites excluding steroid dienone is 16. The average molecular weight is 1480 g/mol. The van der Waals surface area contributed by atoms with Gasteiger partial charge in [-0.1, -0.05) is 305 Å². The van der Waals surface area contributed by atoms with Gasteiger partial charge in [0.25, 0.3) is 0 Å². The first-order valence-corrected chi connectivity index (χ1v) is 43.5. The molecule has 0 aromatic rings. The lowest BCUT2D eigenvalue weighted by atomic mass is 10.0. The summed E-state index contributed by atoms with van der Waals surface area (Å²) < 4.78 is 68.5. The fourth-order valence-electron chi connectivity index (χ4n) is 10.9. The van der Waals surface area contributed by atoms with Gasteiger partial charge < -0.3 is 33.8 Å². The molecule has 0 heterocycles. The van der Waals surface area contributed by atoms with Crippen LogP contribution in [0, 0.1) is 0 Å². The Hall–Kier alpha value is -4.02. The zero-order chi connectivity index (χ0) is 74.6. The smallest absolute Gasteiger partial charge is 0.462 e. The van der Waals surface area contributed by atoms with Gasteiger partial charge in [-0.05, 0) is 116 Å². The third-order valence-corrected chi connectivity index (χ3v) is 18.9. The number of phosphoric acid groups is 2.